The molecule has 0 bridgehead atoms. The fourth-order valence-electron chi connectivity index (χ4n) is 2.97. The van der Waals surface area contributed by atoms with Crippen LogP contribution in [-0.2, 0) is 17.9 Å². The van der Waals surface area contributed by atoms with Gasteiger partial charge in [-0.3, -0.25) is 4.79 Å². The van der Waals surface area contributed by atoms with Crippen LogP contribution in [0.4, 0.5) is 4.39 Å². The highest BCUT2D eigenvalue weighted by molar-refractivity contribution is 7.99. The number of aromatic nitrogens is 3. The Balaban J connectivity index is 1.53. The molecule has 6 nitrogen and oxygen atoms in total. The van der Waals surface area contributed by atoms with Crippen molar-refractivity contribution in [2.75, 3.05) is 24.6 Å². The molecule has 8 heteroatoms. The number of ether oxygens (including phenoxy) is 1. The normalized spacial score (nSPS) is 20.7. The second-order valence-electron chi connectivity index (χ2n) is 5.82. The Morgan fingerprint density at radius 1 is 1.25 bits per heavy atom. The van der Waals surface area contributed by atoms with E-state index < -0.39 is 0 Å². The van der Waals surface area contributed by atoms with Crippen molar-refractivity contribution in [2.45, 2.75) is 19.3 Å². The number of benzene rings is 1. The summed E-state index contributed by atoms with van der Waals surface area (Å²) >= 11 is 1.85. The van der Waals surface area contributed by atoms with Crippen molar-refractivity contribution < 1.29 is 13.9 Å². The van der Waals surface area contributed by atoms with Gasteiger partial charge < -0.3 is 9.64 Å². The van der Waals surface area contributed by atoms with E-state index >= 15 is 0 Å². The van der Waals surface area contributed by atoms with Crippen LogP contribution in [0.1, 0.15) is 27.8 Å². The predicted molar refractivity (Wildman–Crippen MR) is 87.2 cm³/mol. The lowest BCUT2D eigenvalue weighted by molar-refractivity contribution is -0.00197. The molecule has 3 heterocycles. The lowest BCUT2D eigenvalue weighted by Gasteiger charge is -2.27. The molecule has 24 heavy (non-hydrogen) atoms. The highest BCUT2D eigenvalue weighted by Gasteiger charge is 2.30. The molecule has 1 amide bonds. The van der Waals surface area contributed by atoms with Crippen molar-refractivity contribution in [3.8, 4) is 0 Å². The average Bonchev–Trinajstić information content (AvgIpc) is 3.05. The number of hydrogen-bond acceptors (Lipinski definition) is 5. The van der Waals surface area contributed by atoms with Crippen LogP contribution in [0.2, 0.25) is 0 Å². The largest absolute Gasteiger partial charge is 0.365 e. The monoisotopic (exact) mass is 348 g/mol. The third-order valence-electron chi connectivity index (χ3n) is 4.34. The van der Waals surface area contributed by atoms with E-state index in [0.717, 1.165) is 35.9 Å². The van der Waals surface area contributed by atoms with Crippen molar-refractivity contribution in [2.24, 2.45) is 0 Å². The van der Waals surface area contributed by atoms with Gasteiger partial charge in [0.15, 0.2) is 5.69 Å². The van der Waals surface area contributed by atoms with Crippen LogP contribution in [0.15, 0.2) is 24.3 Å². The van der Waals surface area contributed by atoms with E-state index in [9.17, 15) is 9.18 Å². The van der Waals surface area contributed by atoms with Crippen LogP contribution in [-0.4, -0.2) is 50.4 Å². The summed E-state index contributed by atoms with van der Waals surface area (Å²) in [4.78, 5) is 14.5. The van der Waals surface area contributed by atoms with Crippen LogP contribution >= 0.6 is 11.8 Å². The molecular formula is C16H17FN4O2S. The summed E-state index contributed by atoms with van der Waals surface area (Å²) in [6, 6.07) is 6.25. The Hall–Kier alpha value is -1.93. The van der Waals surface area contributed by atoms with E-state index in [1.807, 2.05) is 16.7 Å². The Morgan fingerprint density at radius 2 is 2.00 bits per heavy atom. The predicted octanol–water partition coefficient (Wildman–Crippen LogP) is 1.88. The summed E-state index contributed by atoms with van der Waals surface area (Å²) < 4.78 is 20.6. The molecular weight excluding hydrogens is 331 g/mol. The molecule has 1 aromatic carbocycles. The second-order valence-corrected chi connectivity index (χ2v) is 7.05. The van der Waals surface area contributed by atoms with Crippen molar-refractivity contribution in [1.29, 1.82) is 0 Å². The number of nitrogens with zero attached hydrogens (tertiary/aromatic N) is 4. The summed E-state index contributed by atoms with van der Waals surface area (Å²) in [5.74, 6) is 1.57. The third kappa shape index (κ3) is 2.91. The van der Waals surface area contributed by atoms with Gasteiger partial charge in [-0.2, -0.15) is 11.8 Å². The molecule has 2 aliphatic heterocycles. The van der Waals surface area contributed by atoms with Crippen molar-refractivity contribution in [1.82, 2.24) is 19.9 Å². The van der Waals surface area contributed by atoms with E-state index in [1.54, 1.807) is 16.8 Å². The summed E-state index contributed by atoms with van der Waals surface area (Å²) in [7, 11) is 0. The number of thioether (sulfide) groups is 1. The zero-order chi connectivity index (χ0) is 16.5. The summed E-state index contributed by atoms with van der Waals surface area (Å²) in [6.45, 7) is 2.24. The summed E-state index contributed by atoms with van der Waals surface area (Å²) in [6.07, 6.45) is -0.214. The molecule has 1 saturated heterocycles. The number of carbonyl (C=O) groups excluding carboxylic acids is 1. The van der Waals surface area contributed by atoms with Crippen LogP contribution < -0.4 is 0 Å². The van der Waals surface area contributed by atoms with Gasteiger partial charge in [0.05, 0.1) is 18.8 Å². The first-order valence-electron chi connectivity index (χ1n) is 7.89. The van der Waals surface area contributed by atoms with Gasteiger partial charge in [0, 0.05) is 24.6 Å². The second kappa shape index (κ2) is 6.52. The lowest BCUT2D eigenvalue weighted by Crippen LogP contribution is -2.38. The summed E-state index contributed by atoms with van der Waals surface area (Å²) in [5.41, 5.74) is 1.99. The average molecular weight is 348 g/mol. The Bertz CT molecular complexity index is 743. The molecule has 0 aliphatic carbocycles. The first-order valence-corrected chi connectivity index (χ1v) is 9.04. The van der Waals surface area contributed by atoms with Gasteiger partial charge in [0.2, 0.25) is 0 Å². The van der Waals surface area contributed by atoms with Crippen LogP contribution in [0.25, 0.3) is 0 Å². The fourth-order valence-corrected chi connectivity index (χ4v) is 3.88. The molecule has 0 radical (unpaired) electrons. The number of amides is 1. The molecule has 4 rings (SSSR count). The van der Waals surface area contributed by atoms with Crippen LogP contribution in [0.3, 0.4) is 0 Å². The van der Waals surface area contributed by atoms with Crippen molar-refractivity contribution in [3.05, 3.63) is 47.0 Å². The number of halogens is 1. The molecule has 0 saturated carbocycles. The van der Waals surface area contributed by atoms with Crippen LogP contribution in [0.5, 0.6) is 0 Å². The fraction of sp³-hybridized carbons (Fsp3) is 0.438. The highest BCUT2D eigenvalue weighted by Crippen LogP contribution is 2.27. The Kier molecular flexibility index (Phi) is 4.24. The summed E-state index contributed by atoms with van der Waals surface area (Å²) in [5, 5.41) is 8.22. The van der Waals surface area contributed by atoms with Gasteiger partial charge >= 0.3 is 0 Å². The van der Waals surface area contributed by atoms with Gasteiger partial charge in [-0.25, -0.2) is 9.07 Å². The first kappa shape index (κ1) is 15.6. The SMILES string of the molecule is O=C(c1nnn2c1CO[C@H](c1ccc(F)cc1)C2)N1CCSCC1. The third-order valence-corrected chi connectivity index (χ3v) is 5.28. The maximum absolute atomic E-state index is 13.0. The quantitative estimate of drug-likeness (QED) is 0.829. The van der Waals surface area contributed by atoms with Gasteiger partial charge in [0.25, 0.3) is 5.91 Å². The van der Waals surface area contributed by atoms with Crippen molar-refractivity contribution in [3.63, 3.8) is 0 Å². The standard InChI is InChI=1S/C16H17FN4O2S/c17-12-3-1-11(2-4-12)14-9-21-13(10-23-14)15(18-19-21)16(22)20-5-7-24-8-6-20/h1-4,14H,5-10H2/t14-/m0/s1. The molecule has 2 aromatic rings. The topological polar surface area (TPSA) is 60.3 Å². The first-order chi connectivity index (χ1) is 11.7. The number of rotatable bonds is 2. The van der Waals surface area contributed by atoms with E-state index in [-0.39, 0.29) is 24.4 Å². The van der Waals surface area contributed by atoms with Gasteiger partial charge in [-0.15, -0.1) is 5.10 Å². The minimum absolute atomic E-state index is 0.0691. The highest BCUT2D eigenvalue weighted by atomic mass is 32.2. The van der Waals surface area contributed by atoms with E-state index in [2.05, 4.69) is 10.3 Å². The Morgan fingerprint density at radius 3 is 2.75 bits per heavy atom. The zero-order valence-corrected chi connectivity index (χ0v) is 13.8. The molecule has 1 atom stereocenters. The van der Waals surface area contributed by atoms with E-state index in [0.29, 0.717) is 12.2 Å². The molecule has 0 unspecified atom stereocenters. The van der Waals surface area contributed by atoms with Crippen LogP contribution in [0, 0.1) is 5.82 Å². The number of carbonyl (C=O) groups is 1. The number of hydrogen-bond donors (Lipinski definition) is 0. The van der Waals surface area contributed by atoms with Gasteiger partial charge in [0.1, 0.15) is 11.9 Å². The molecule has 1 aromatic heterocycles. The molecule has 126 valence electrons. The molecule has 0 N–H and O–H groups in total. The zero-order valence-electron chi connectivity index (χ0n) is 13.0. The maximum atomic E-state index is 13.0. The molecule has 0 spiro atoms. The molecule has 2 aliphatic rings. The maximum Gasteiger partial charge on any atom is 0.276 e. The van der Waals surface area contributed by atoms with Gasteiger partial charge in [-0.05, 0) is 17.7 Å². The van der Waals surface area contributed by atoms with Gasteiger partial charge in [-0.1, -0.05) is 17.3 Å². The minimum Gasteiger partial charge on any atom is -0.365 e. The number of fused-ring (bicyclic) bond motifs is 1. The minimum atomic E-state index is -0.274. The lowest BCUT2D eigenvalue weighted by atomic mass is 10.1. The molecule has 1 fully saturated rings. The van der Waals surface area contributed by atoms with E-state index in [1.165, 1.54) is 12.1 Å². The smallest absolute Gasteiger partial charge is 0.276 e. The van der Waals surface area contributed by atoms with E-state index in [4.69, 9.17) is 4.74 Å². The van der Waals surface area contributed by atoms with Crippen molar-refractivity contribution >= 4 is 17.7 Å². The Labute approximate surface area is 143 Å².